The van der Waals surface area contributed by atoms with Crippen LogP contribution in [0.5, 0.6) is 0 Å². The van der Waals surface area contributed by atoms with E-state index in [1.807, 2.05) is 28.9 Å². The van der Waals surface area contributed by atoms with Gasteiger partial charge in [0.2, 0.25) is 0 Å². The number of benzene rings is 1. The van der Waals surface area contributed by atoms with Crippen molar-refractivity contribution < 1.29 is 0 Å². The predicted octanol–water partition coefficient (Wildman–Crippen LogP) is 3.38. The van der Waals surface area contributed by atoms with Crippen molar-refractivity contribution in [2.45, 2.75) is 44.8 Å². The Balaban J connectivity index is 1.59. The third-order valence-electron chi connectivity index (χ3n) is 5.58. The molecule has 1 aliphatic carbocycles. The fourth-order valence-corrected chi connectivity index (χ4v) is 4.47. The average molecular weight is 370 g/mol. The van der Waals surface area contributed by atoms with E-state index in [9.17, 15) is 4.79 Å². The highest BCUT2D eigenvalue weighted by molar-refractivity contribution is 6.33. The second kappa shape index (κ2) is 6.13. The normalized spacial score (nSPS) is 17.8. The largest absolute Gasteiger partial charge is 0.361 e. The van der Waals surface area contributed by atoms with Crippen molar-refractivity contribution in [2.75, 3.05) is 11.4 Å². The predicted molar refractivity (Wildman–Crippen MR) is 102 cm³/mol. The Morgan fingerprint density at radius 2 is 1.92 bits per heavy atom. The van der Waals surface area contributed by atoms with Gasteiger partial charge in [0.1, 0.15) is 11.2 Å². The highest BCUT2D eigenvalue weighted by Crippen LogP contribution is 2.31. The van der Waals surface area contributed by atoms with Gasteiger partial charge in [0.05, 0.1) is 29.5 Å². The van der Waals surface area contributed by atoms with E-state index in [1.54, 1.807) is 10.8 Å². The second-order valence-electron chi connectivity index (χ2n) is 7.12. The van der Waals surface area contributed by atoms with Gasteiger partial charge >= 0.3 is 0 Å². The van der Waals surface area contributed by atoms with Gasteiger partial charge in [0, 0.05) is 13.1 Å². The maximum Gasteiger partial charge on any atom is 0.264 e. The van der Waals surface area contributed by atoms with Crippen molar-refractivity contribution in [1.29, 1.82) is 0 Å². The molecule has 0 bridgehead atoms. The van der Waals surface area contributed by atoms with Crippen molar-refractivity contribution in [3.05, 3.63) is 51.7 Å². The molecule has 7 heteroatoms. The number of hydrogen-bond donors (Lipinski definition) is 0. The molecule has 1 aliphatic heterocycles. The summed E-state index contributed by atoms with van der Waals surface area (Å²) in [7, 11) is 0. The molecule has 0 spiro atoms. The number of fused-ring (bicyclic) bond motifs is 2. The average Bonchev–Trinajstić information content (AvgIpc) is 3.31. The number of para-hydroxylation sites is 1. The van der Waals surface area contributed by atoms with E-state index in [1.165, 1.54) is 12.8 Å². The van der Waals surface area contributed by atoms with E-state index < -0.39 is 0 Å². The van der Waals surface area contributed by atoms with Crippen molar-refractivity contribution in [3.63, 3.8) is 0 Å². The van der Waals surface area contributed by atoms with Gasteiger partial charge in [-0.05, 0) is 25.0 Å². The molecule has 1 fully saturated rings. The van der Waals surface area contributed by atoms with E-state index in [4.69, 9.17) is 16.6 Å². The van der Waals surface area contributed by atoms with Crippen LogP contribution in [-0.4, -0.2) is 25.9 Å². The van der Waals surface area contributed by atoms with Crippen molar-refractivity contribution >= 4 is 28.3 Å². The second-order valence-corrected chi connectivity index (χ2v) is 7.53. The molecule has 0 atom stereocenters. The van der Waals surface area contributed by atoms with Gasteiger partial charge in [-0.1, -0.05) is 36.6 Å². The maximum atomic E-state index is 12.9. The first kappa shape index (κ1) is 15.9. The van der Waals surface area contributed by atoms with Crippen molar-refractivity contribution in [1.82, 2.24) is 19.3 Å². The molecule has 0 N–H and O–H groups in total. The number of rotatable bonds is 2. The third-order valence-corrected chi connectivity index (χ3v) is 5.90. The molecule has 3 heterocycles. The van der Waals surface area contributed by atoms with Crippen LogP contribution in [0.2, 0.25) is 5.02 Å². The van der Waals surface area contributed by atoms with E-state index in [0.29, 0.717) is 24.5 Å². The molecule has 3 aromatic rings. The van der Waals surface area contributed by atoms with Gasteiger partial charge in [0.15, 0.2) is 5.65 Å². The van der Waals surface area contributed by atoms with Crippen molar-refractivity contribution in [3.8, 4) is 0 Å². The molecular formula is C19H20ClN5O. The van der Waals surface area contributed by atoms with E-state index in [-0.39, 0.29) is 5.56 Å². The molecule has 5 rings (SSSR count). The summed E-state index contributed by atoms with van der Waals surface area (Å²) in [6, 6.07) is 8.18. The van der Waals surface area contributed by atoms with Crippen LogP contribution in [0.15, 0.2) is 35.3 Å². The third kappa shape index (κ3) is 2.43. The quantitative estimate of drug-likeness (QED) is 0.694. The van der Waals surface area contributed by atoms with Crippen LogP contribution in [0.1, 0.15) is 37.5 Å². The fraction of sp³-hybridized carbons (Fsp3) is 0.421. The molecule has 0 radical (unpaired) electrons. The molecular weight excluding hydrogens is 350 g/mol. The lowest BCUT2D eigenvalue weighted by Gasteiger charge is -2.31. The standard InChI is InChI=1S/C19H20ClN5O/c20-15-7-3-4-8-16(15)23-9-10-24-17(12-23)22-18-14(19(24)26)11-21-25(18)13-5-1-2-6-13/h3-4,7-8,11,13H,1-2,5-6,9-10,12H2. The Hall–Kier alpha value is -2.34. The van der Waals surface area contributed by atoms with Crippen LogP contribution in [0.3, 0.4) is 0 Å². The van der Waals surface area contributed by atoms with Gasteiger partial charge in [-0.15, -0.1) is 0 Å². The van der Waals surface area contributed by atoms with Gasteiger partial charge in [-0.25, -0.2) is 9.67 Å². The zero-order valence-electron chi connectivity index (χ0n) is 14.4. The molecule has 1 aromatic carbocycles. The first-order valence-electron chi connectivity index (χ1n) is 9.19. The van der Waals surface area contributed by atoms with Gasteiger partial charge in [-0.2, -0.15) is 5.10 Å². The fourth-order valence-electron chi connectivity index (χ4n) is 4.21. The van der Waals surface area contributed by atoms with Crippen LogP contribution in [-0.2, 0) is 13.1 Å². The van der Waals surface area contributed by atoms with E-state index in [0.717, 1.165) is 41.6 Å². The lowest BCUT2D eigenvalue weighted by Crippen LogP contribution is -2.40. The molecule has 0 unspecified atom stereocenters. The Bertz CT molecular complexity index is 1030. The minimum Gasteiger partial charge on any atom is -0.361 e. The lowest BCUT2D eigenvalue weighted by atomic mass is 10.2. The van der Waals surface area contributed by atoms with Crippen LogP contribution < -0.4 is 10.5 Å². The number of anilines is 1. The number of halogens is 1. The van der Waals surface area contributed by atoms with Crippen LogP contribution in [0, 0.1) is 0 Å². The number of nitrogens with zero attached hydrogens (tertiary/aromatic N) is 5. The van der Waals surface area contributed by atoms with Gasteiger partial charge in [0.25, 0.3) is 5.56 Å². The minimum atomic E-state index is 0.0213. The molecule has 0 amide bonds. The van der Waals surface area contributed by atoms with Crippen molar-refractivity contribution in [2.24, 2.45) is 0 Å². The summed E-state index contributed by atoms with van der Waals surface area (Å²) in [6.45, 7) is 1.92. The summed E-state index contributed by atoms with van der Waals surface area (Å²) >= 11 is 6.36. The minimum absolute atomic E-state index is 0.0213. The first-order chi connectivity index (χ1) is 12.7. The monoisotopic (exact) mass is 369 g/mol. The Labute approximate surface area is 156 Å². The summed E-state index contributed by atoms with van der Waals surface area (Å²) in [5.74, 6) is 0.786. The summed E-state index contributed by atoms with van der Waals surface area (Å²) in [6.07, 6.45) is 6.36. The van der Waals surface area contributed by atoms with Crippen LogP contribution in [0.25, 0.3) is 11.0 Å². The first-order valence-corrected chi connectivity index (χ1v) is 9.56. The highest BCUT2D eigenvalue weighted by Gasteiger charge is 2.25. The number of aromatic nitrogens is 4. The zero-order chi connectivity index (χ0) is 17.7. The molecule has 26 heavy (non-hydrogen) atoms. The lowest BCUT2D eigenvalue weighted by molar-refractivity contribution is 0.474. The summed E-state index contributed by atoms with van der Waals surface area (Å²) in [5.41, 5.74) is 1.74. The topological polar surface area (TPSA) is 56.0 Å². The molecule has 0 saturated heterocycles. The van der Waals surface area contributed by atoms with Crippen LogP contribution >= 0.6 is 11.6 Å². The maximum absolute atomic E-state index is 12.9. The molecule has 2 aromatic heterocycles. The summed E-state index contributed by atoms with van der Waals surface area (Å²) in [5, 5.41) is 5.86. The van der Waals surface area contributed by atoms with Gasteiger partial charge < -0.3 is 4.90 Å². The SMILES string of the molecule is O=c1c2cnn(C3CCCC3)c2nc2n1CCN(c1ccccc1Cl)C2. The Morgan fingerprint density at radius 1 is 1.12 bits per heavy atom. The zero-order valence-corrected chi connectivity index (χ0v) is 15.2. The molecule has 134 valence electrons. The summed E-state index contributed by atoms with van der Waals surface area (Å²) in [4.78, 5) is 20.0. The Kier molecular flexibility index (Phi) is 3.74. The summed E-state index contributed by atoms with van der Waals surface area (Å²) < 4.78 is 3.76. The molecule has 2 aliphatic rings. The number of hydrogen-bond acceptors (Lipinski definition) is 4. The molecule has 6 nitrogen and oxygen atoms in total. The molecule has 1 saturated carbocycles. The Morgan fingerprint density at radius 3 is 2.73 bits per heavy atom. The van der Waals surface area contributed by atoms with Gasteiger partial charge in [-0.3, -0.25) is 9.36 Å². The smallest absolute Gasteiger partial charge is 0.264 e. The highest BCUT2D eigenvalue weighted by atomic mass is 35.5. The van der Waals surface area contributed by atoms with E-state index >= 15 is 0 Å². The van der Waals surface area contributed by atoms with Crippen LogP contribution in [0.4, 0.5) is 5.69 Å². The van der Waals surface area contributed by atoms with E-state index in [2.05, 4.69) is 10.00 Å².